The zero-order valence-electron chi connectivity index (χ0n) is 10.6. The summed E-state index contributed by atoms with van der Waals surface area (Å²) >= 11 is 5.34. The van der Waals surface area contributed by atoms with E-state index in [1.165, 1.54) is 0 Å². The molecule has 1 aromatic rings. The number of carboxylic acids is 1. The fourth-order valence-electron chi connectivity index (χ4n) is 1.82. The van der Waals surface area contributed by atoms with Crippen LogP contribution in [0.25, 0.3) is 0 Å². The quantitative estimate of drug-likeness (QED) is 0.725. The van der Waals surface area contributed by atoms with E-state index in [2.05, 4.69) is 22.9 Å². The summed E-state index contributed by atoms with van der Waals surface area (Å²) in [5, 5.41) is 9.26. The van der Waals surface area contributed by atoms with Crippen molar-refractivity contribution in [2.24, 2.45) is 5.92 Å². The fourth-order valence-corrected chi connectivity index (χ4v) is 2.92. The molecule has 0 aliphatic carbocycles. The maximum absolute atomic E-state index is 11.3. The highest BCUT2D eigenvalue weighted by molar-refractivity contribution is 9.10. The highest BCUT2D eigenvalue weighted by atomic mass is 79.9. The van der Waals surface area contributed by atoms with Crippen LogP contribution in [0, 0.1) is 5.92 Å². The Morgan fingerprint density at radius 1 is 1.44 bits per heavy atom. The number of thioether (sulfide) groups is 1. The number of benzene rings is 1. The van der Waals surface area contributed by atoms with E-state index < -0.39 is 5.97 Å². The largest absolute Gasteiger partial charge is 0.481 e. The smallest absolute Gasteiger partial charge is 0.306 e. The minimum absolute atomic E-state index is 0.277. The topological polar surface area (TPSA) is 37.3 Å². The molecule has 1 aromatic carbocycles. The van der Waals surface area contributed by atoms with Gasteiger partial charge in [0.25, 0.3) is 0 Å². The van der Waals surface area contributed by atoms with Crippen LogP contribution >= 0.6 is 27.7 Å². The van der Waals surface area contributed by atoms with Crippen LogP contribution in [0.3, 0.4) is 0 Å². The molecule has 0 aliphatic rings. The Bertz CT molecular complexity index is 382. The van der Waals surface area contributed by atoms with Crippen LogP contribution in [0.1, 0.15) is 25.3 Å². The molecule has 1 rings (SSSR count). The molecule has 1 atom stereocenters. The lowest BCUT2D eigenvalue weighted by atomic mass is 9.95. The van der Waals surface area contributed by atoms with Gasteiger partial charge in [0.05, 0.1) is 5.92 Å². The summed E-state index contributed by atoms with van der Waals surface area (Å²) in [7, 11) is 0. The fraction of sp³-hybridized carbons (Fsp3) is 0.500. The maximum Gasteiger partial charge on any atom is 0.306 e. The van der Waals surface area contributed by atoms with E-state index in [1.54, 1.807) is 0 Å². The van der Waals surface area contributed by atoms with Gasteiger partial charge in [-0.3, -0.25) is 4.79 Å². The van der Waals surface area contributed by atoms with Gasteiger partial charge in [0.1, 0.15) is 0 Å². The second-order valence-corrected chi connectivity index (χ2v) is 6.42. The molecule has 0 saturated carbocycles. The van der Waals surface area contributed by atoms with Gasteiger partial charge in [-0.2, -0.15) is 11.8 Å². The summed E-state index contributed by atoms with van der Waals surface area (Å²) in [6.45, 7) is 2.13. The van der Waals surface area contributed by atoms with Gasteiger partial charge in [0.15, 0.2) is 0 Å². The Morgan fingerprint density at radius 3 is 2.78 bits per heavy atom. The SMILES string of the molecule is CCSCCCC(Cc1ccccc1Br)C(=O)O. The molecule has 0 radical (unpaired) electrons. The first-order chi connectivity index (χ1) is 8.65. The van der Waals surface area contributed by atoms with Gasteiger partial charge in [0.2, 0.25) is 0 Å². The standard InChI is InChI=1S/C14H19BrO2S/c1-2-18-9-5-7-12(14(16)17)10-11-6-3-4-8-13(11)15/h3-4,6,8,12H,2,5,7,9-10H2,1H3,(H,16,17). The van der Waals surface area contributed by atoms with Crippen molar-refractivity contribution in [3.05, 3.63) is 34.3 Å². The van der Waals surface area contributed by atoms with Gasteiger partial charge >= 0.3 is 5.97 Å². The highest BCUT2D eigenvalue weighted by Gasteiger charge is 2.18. The summed E-state index contributed by atoms with van der Waals surface area (Å²) in [4.78, 5) is 11.3. The number of aliphatic carboxylic acids is 1. The van der Waals surface area contributed by atoms with E-state index in [0.29, 0.717) is 6.42 Å². The third-order valence-corrected chi connectivity index (χ3v) is 4.58. The first-order valence-corrected chi connectivity index (χ1v) is 8.13. The van der Waals surface area contributed by atoms with Crippen LogP contribution in [0.4, 0.5) is 0 Å². The normalized spacial score (nSPS) is 12.3. The molecule has 0 aromatic heterocycles. The molecule has 0 bridgehead atoms. The van der Waals surface area contributed by atoms with Crippen molar-refractivity contribution in [3.63, 3.8) is 0 Å². The van der Waals surface area contributed by atoms with Crippen LogP contribution in [0.15, 0.2) is 28.7 Å². The number of carboxylic acid groups (broad SMARTS) is 1. The summed E-state index contributed by atoms with van der Waals surface area (Å²) < 4.78 is 0.999. The zero-order chi connectivity index (χ0) is 13.4. The molecule has 0 spiro atoms. The molecule has 0 fully saturated rings. The molecule has 2 nitrogen and oxygen atoms in total. The number of rotatable bonds is 8. The van der Waals surface area contributed by atoms with Crippen molar-refractivity contribution in [1.82, 2.24) is 0 Å². The first kappa shape index (κ1) is 15.6. The average molecular weight is 331 g/mol. The zero-order valence-corrected chi connectivity index (χ0v) is 13.0. The van der Waals surface area contributed by atoms with Gasteiger partial charge in [0, 0.05) is 4.47 Å². The van der Waals surface area contributed by atoms with Crippen LogP contribution < -0.4 is 0 Å². The summed E-state index contributed by atoms with van der Waals surface area (Å²) in [6, 6.07) is 7.84. The number of hydrogen-bond donors (Lipinski definition) is 1. The van der Waals surface area contributed by atoms with Crippen molar-refractivity contribution in [2.75, 3.05) is 11.5 Å². The Morgan fingerprint density at radius 2 is 2.17 bits per heavy atom. The minimum Gasteiger partial charge on any atom is -0.481 e. The second-order valence-electron chi connectivity index (χ2n) is 4.17. The van der Waals surface area contributed by atoms with Crippen molar-refractivity contribution >= 4 is 33.7 Å². The lowest BCUT2D eigenvalue weighted by molar-refractivity contribution is -0.141. The Hall–Kier alpha value is -0.480. The molecule has 18 heavy (non-hydrogen) atoms. The summed E-state index contributed by atoms with van der Waals surface area (Å²) in [5.74, 6) is 1.19. The molecular weight excluding hydrogens is 312 g/mol. The van der Waals surface area contributed by atoms with Crippen molar-refractivity contribution in [1.29, 1.82) is 0 Å². The summed E-state index contributed by atoms with van der Waals surface area (Å²) in [6.07, 6.45) is 2.33. The molecule has 4 heteroatoms. The van der Waals surface area contributed by atoms with Crippen molar-refractivity contribution < 1.29 is 9.90 Å². The maximum atomic E-state index is 11.3. The van der Waals surface area contributed by atoms with E-state index in [4.69, 9.17) is 0 Å². The Kier molecular flexibility index (Phi) is 7.44. The van der Waals surface area contributed by atoms with Crippen LogP contribution in [-0.4, -0.2) is 22.6 Å². The van der Waals surface area contributed by atoms with Crippen molar-refractivity contribution in [2.45, 2.75) is 26.2 Å². The van der Waals surface area contributed by atoms with E-state index in [9.17, 15) is 9.90 Å². The highest BCUT2D eigenvalue weighted by Crippen LogP contribution is 2.22. The molecule has 0 heterocycles. The molecule has 0 aliphatic heterocycles. The lowest BCUT2D eigenvalue weighted by Crippen LogP contribution is -2.17. The predicted octanol–water partition coefficient (Wildman–Crippen LogP) is 4.23. The Labute approximate surface area is 121 Å². The van der Waals surface area contributed by atoms with Gasteiger partial charge in [-0.15, -0.1) is 0 Å². The molecule has 0 saturated heterocycles. The van der Waals surface area contributed by atoms with E-state index >= 15 is 0 Å². The number of halogens is 1. The first-order valence-electron chi connectivity index (χ1n) is 6.19. The van der Waals surface area contributed by atoms with E-state index in [0.717, 1.165) is 34.4 Å². The third kappa shape index (κ3) is 5.44. The average Bonchev–Trinajstić information content (AvgIpc) is 2.35. The summed E-state index contributed by atoms with van der Waals surface area (Å²) in [5.41, 5.74) is 1.08. The van der Waals surface area contributed by atoms with Crippen molar-refractivity contribution in [3.8, 4) is 0 Å². The molecule has 1 unspecified atom stereocenters. The second kappa shape index (κ2) is 8.59. The monoisotopic (exact) mass is 330 g/mol. The van der Waals surface area contributed by atoms with Crippen LogP contribution in [0.2, 0.25) is 0 Å². The molecule has 0 amide bonds. The number of carbonyl (C=O) groups is 1. The van der Waals surface area contributed by atoms with E-state index in [1.807, 2.05) is 36.0 Å². The molecule has 100 valence electrons. The van der Waals surface area contributed by atoms with Crippen LogP contribution in [0.5, 0.6) is 0 Å². The van der Waals surface area contributed by atoms with Gasteiger partial charge in [-0.1, -0.05) is 41.1 Å². The number of hydrogen-bond acceptors (Lipinski definition) is 2. The van der Waals surface area contributed by atoms with Gasteiger partial charge < -0.3 is 5.11 Å². The van der Waals surface area contributed by atoms with Gasteiger partial charge in [-0.25, -0.2) is 0 Å². The molecule has 1 N–H and O–H groups in total. The third-order valence-electron chi connectivity index (χ3n) is 2.82. The molecular formula is C14H19BrO2S. The van der Waals surface area contributed by atoms with Gasteiger partial charge in [-0.05, 0) is 42.4 Å². The van der Waals surface area contributed by atoms with E-state index in [-0.39, 0.29) is 5.92 Å². The lowest BCUT2D eigenvalue weighted by Gasteiger charge is -2.13. The Balaban J connectivity index is 2.53. The predicted molar refractivity (Wildman–Crippen MR) is 81.2 cm³/mol. The minimum atomic E-state index is -0.688. The van der Waals surface area contributed by atoms with Crippen LogP contribution in [-0.2, 0) is 11.2 Å².